The third kappa shape index (κ3) is 4.42. The van der Waals surface area contributed by atoms with E-state index in [0.717, 1.165) is 10.2 Å². The Kier molecular flexibility index (Phi) is 5.75. The molecule has 0 aliphatic carbocycles. The van der Waals surface area contributed by atoms with Gasteiger partial charge in [0.05, 0.1) is 0 Å². The lowest BCUT2D eigenvalue weighted by molar-refractivity contribution is -0.709. The molecule has 3 N–H and O–H groups in total. The predicted molar refractivity (Wildman–Crippen MR) is 93.8 cm³/mol. The van der Waals surface area contributed by atoms with Gasteiger partial charge in [0.15, 0.2) is 6.04 Å². The average molecular weight is 362 g/mol. The Balaban J connectivity index is 1.96. The molecule has 0 radical (unpaired) electrons. The highest BCUT2D eigenvalue weighted by Crippen LogP contribution is 2.20. The van der Waals surface area contributed by atoms with E-state index in [1.165, 1.54) is 11.1 Å². The second-order valence-corrected chi connectivity index (χ2v) is 6.50. The molecule has 0 saturated heterocycles. The zero-order chi connectivity index (χ0) is 16.1. The summed E-state index contributed by atoms with van der Waals surface area (Å²) in [5, 5.41) is 5.03. The number of hydrogen-bond acceptors (Lipinski definition) is 1. The normalized spacial score (nSPS) is 13.5. The van der Waals surface area contributed by atoms with E-state index >= 15 is 0 Å². The zero-order valence-corrected chi connectivity index (χ0v) is 14.7. The van der Waals surface area contributed by atoms with Crippen LogP contribution in [0.15, 0.2) is 53.0 Å². The smallest absolute Gasteiger partial charge is 0.282 e. The van der Waals surface area contributed by atoms with Gasteiger partial charge in [-0.15, -0.1) is 0 Å². The van der Waals surface area contributed by atoms with Crippen LogP contribution in [0.3, 0.4) is 0 Å². The molecule has 2 aromatic rings. The van der Waals surface area contributed by atoms with Crippen molar-refractivity contribution in [2.45, 2.75) is 32.9 Å². The number of quaternary nitrogens is 1. The molecule has 0 heterocycles. The van der Waals surface area contributed by atoms with Gasteiger partial charge < -0.3 is 10.6 Å². The van der Waals surface area contributed by atoms with Crippen LogP contribution in [0.4, 0.5) is 5.69 Å². The number of aryl methyl sites for hydroxylation is 1. The molecule has 2 aromatic carbocycles. The highest BCUT2D eigenvalue weighted by atomic mass is 79.9. The first kappa shape index (κ1) is 16.7. The number of nitrogens with one attached hydrogen (secondary N) is 1. The molecule has 0 saturated carbocycles. The van der Waals surface area contributed by atoms with E-state index in [1.54, 1.807) is 0 Å². The molecular weight excluding hydrogens is 340 g/mol. The largest absolute Gasteiger partial charge is 0.330 e. The Hall–Kier alpha value is -1.65. The Morgan fingerprint density at radius 1 is 1.09 bits per heavy atom. The summed E-state index contributed by atoms with van der Waals surface area (Å²) in [4.78, 5) is 12.3. The van der Waals surface area contributed by atoms with Crippen LogP contribution in [0.2, 0.25) is 0 Å². The molecule has 0 aromatic heterocycles. The van der Waals surface area contributed by atoms with Crippen molar-refractivity contribution in [1.82, 2.24) is 0 Å². The Labute approximate surface area is 140 Å². The average Bonchev–Trinajstić information content (AvgIpc) is 2.49. The number of nitrogens with two attached hydrogens (primary N) is 1. The van der Waals surface area contributed by atoms with Gasteiger partial charge >= 0.3 is 0 Å². The van der Waals surface area contributed by atoms with Crippen LogP contribution < -0.4 is 10.6 Å². The third-order valence-corrected chi connectivity index (χ3v) is 4.43. The number of anilines is 1. The molecule has 0 fully saturated rings. The van der Waals surface area contributed by atoms with Gasteiger partial charge in [0.25, 0.3) is 5.91 Å². The minimum absolute atomic E-state index is 0.0164. The van der Waals surface area contributed by atoms with E-state index in [0.29, 0.717) is 0 Å². The molecule has 116 valence electrons. The first-order valence-electron chi connectivity index (χ1n) is 7.44. The van der Waals surface area contributed by atoms with Crippen LogP contribution in [-0.2, 0) is 4.79 Å². The first-order valence-corrected chi connectivity index (χ1v) is 8.23. The molecule has 0 spiro atoms. The van der Waals surface area contributed by atoms with Crippen LogP contribution in [0.25, 0.3) is 0 Å². The molecule has 22 heavy (non-hydrogen) atoms. The fourth-order valence-electron chi connectivity index (χ4n) is 2.36. The second-order valence-electron chi connectivity index (χ2n) is 5.65. The molecule has 4 heteroatoms. The minimum atomic E-state index is -0.164. The molecular formula is C18H22BrN2O+. The maximum atomic E-state index is 12.3. The van der Waals surface area contributed by atoms with Crippen molar-refractivity contribution in [3.63, 3.8) is 0 Å². The van der Waals surface area contributed by atoms with Gasteiger partial charge in [-0.25, -0.2) is 0 Å². The number of amides is 1. The van der Waals surface area contributed by atoms with Crippen molar-refractivity contribution in [2.75, 3.05) is 5.32 Å². The summed E-state index contributed by atoms with van der Waals surface area (Å²) in [5.41, 5.74) is 3.21. The predicted octanol–water partition coefficient (Wildman–Crippen LogP) is 3.41. The van der Waals surface area contributed by atoms with Gasteiger partial charge in [0, 0.05) is 15.7 Å². The Morgan fingerprint density at radius 2 is 1.73 bits per heavy atom. The van der Waals surface area contributed by atoms with E-state index < -0.39 is 0 Å². The molecule has 2 atom stereocenters. The summed E-state index contributed by atoms with van der Waals surface area (Å²) in [6.45, 7) is 6.06. The van der Waals surface area contributed by atoms with Crippen molar-refractivity contribution < 1.29 is 10.1 Å². The topological polar surface area (TPSA) is 45.7 Å². The van der Waals surface area contributed by atoms with E-state index in [1.807, 2.05) is 56.3 Å². The number of hydrogen-bond donors (Lipinski definition) is 2. The van der Waals surface area contributed by atoms with Crippen molar-refractivity contribution in [3.8, 4) is 0 Å². The van der Waals surface area contributed by atoms with Crippen LogP contribution in [0.1, 0.15) is 31.0 Å². The zero-order valence-electron chi connectivity index (χ0n) is 13.1. The summed E-state index contributed by atoms with van der Waals surface area (Å²) >= 11 is 3.56. The van der Waals surface area contributed by atoms with Gasteiger partial charge in [0.1, 0.15) is 6.04 Å². The number of carbonyl (C=O) groups is 1. The maximum Gasteiger partial charge on any atom is 0.282 e. The fraction of sp³-hybridized carbons (Fsp3) is 0.278. The van der Waals surface area contributed by atoms with Gasteiger partial charge in [-0.1, -0.05) is 51.8 Å². The van der Waals surface area contributed by atoms with Crippen molar-refractivity contribution in [2.24, 2.45) is 0 Å². The number of rotatable bonds is 5. The fourth-order valence-corrected chi connectivity index (χ4v) is 3.01. The van der Waals surface area contributed by atoms with Crippen LogP contribution >= 0.6 is 15.9 Å². The van der Waals surface area contributed by atoms with Crippen LogP contribution in [0.5, 0.6) is 0 Å². The summed E-state index contributed by atoms with van der Waals surface area (Å²) in [6.07, 6.45) is 0. The van der Waals surface area contributed by atoms with E-state index in [9.17, 15) is 4.79 Å². The number of carbonyl (C=O) groups excluding carboxylic acids is 1. The van der Waals surface area contributed by atoms with E-state index in [4.69, 9.17) is 0 Å². The van der Waals surface area contributed by atoms with Crippen molar-refractivity contribution in [3.05, 3.63) is 64.1 Å². The van der Waals surface area contributed by atoms with Crippen LogP contribution in [0, 0.1) is 6.92 Å². The monoisotopic (exact) mass is 361 g/mol. The van der Waals surface area contributed by atoms with Crippen LogP contribution in [-0.4, -0.2) is 11.9 Å². The highest BCUT2D eigenvalue weighted by Gasteiger charge is 2.21. The van der Waals surface area contributed by atoms with Crippen molar-refractivity contribution in [1.29, 1.82) is 0 Å². The van der Waals surface area contributed by atoms with Gasteiger partial charge in [0.2, 0.25) is 0 Å². The minimum Gasteiger partial charge on any atom is -0.330 e. The lowest BCUT2D eigenvalue weighted by atomic mass is 10.1. The highest BCUT2D eigenvalue weighted by molar-refractivity contribution is 9.10. The molecule has 0 bridgehead atoms. The van der Waals surface area contributed by atoms with Crippen molar-refractivity contribution >= 4 is 27.5 Å². The van der Waals surface area contributed by atoms with Gasteiger partial charge in [-0.05, 0) is 39.0 Å². The number of benzene rings is 2. The van der Waals surface area contributed by atoms with Gasteiger partial charge in [-0.2, -0.15) is 0 Å². The third-order valence-electron chi connectivity index (χ3n) is 3.71. The summed E-state index contributed by atoms with van der Waals surface area (Å²) in [6, 6.07) is 16.0. The Bertz CT molecular complexity index is 640. The molecule has 0 aliphatic heterocycles. The molecule has 2 rings (SSSR count). The van der Waals surface area contributed by atoms with Gasteiger partial charge in [-0.3, -0.25) is 4.79 Å². The standard InChI is InChI=1S/C18H21BrN2O/c1-12-8-10-15(11-9-12)21-18(22)14(3)20-13(2)16-6-4-5-7-17(16)19/h4-11,13-14,20H,1-3H3,(H,21,22)/p+1/t13-,14+/m1/s1. The lowest BCUT2D eigenvalue weighted by Crippen LogP contribution is -2.91. The Morgan fingerprint density at radius 3 is 2.36 bits per heavy atom. The summed E-state index contributed by atoms with van der Waals surface area (Å²) in [5.74, 6) is 0.0164. The maximum absolute atomic E-state index is 12.3. The van der Waals surface area contributed by atoms with E-state index in [2.05, 4.69) is 39.6 Å². The number of halogens is 1. The van der Waals surface area contributed by atoms with E-state index in [-0.39, 0.29) is 18.0 Å². The molecule has 0 unspecified atom stereocenters. The summed E-state index contributed by atoms with van der Waals surface area (Å²) in [7, 11) is 0. The lowest BCUT2D eigenvalue weighted by Gasteiger charge is -2.18. The molecule has 3 nitrogen and oxygen atoms in total. The quantitative estimate of drug-likeness (QED) is 0.841. The SMILES string of the molecule is Cc1ccc(NC(=O)[C@H](C)[NH2+][C@H](C)c2ccccc2Br)cc1. The molecule has 1 amide bonds. The summed E-state index contributed by atoms with van der Waals surface area (Å²) < 4.78 is 1.07. The first-order chi connectivity index (χ1) is 10.5. The second kappa shape index (κ2) is 7.56. The molecule has 0 aliphatic rings.